The van der Waals surface area contributed by atoms with Crippen molar-refractivity contribution in [1.82, 2.24) is 10.3 Å². The third-order valence-electron chi connectivity index (χ3n) is 3.26. The fourth-order valence-corrected chi connectivity index (χ4v) is 2.77. The molecule has 0 fully saturated rings. The van der Waals surface area contributed by atoms with Crippen LogP contribution >= 0.6 is 11.3 Å². The number of hydrogen-bond donors (Lipinski definition) is 1. The topological polar surface area (TPSA) is 24.9 Å². The first-order chi connectivity index (χ1) is 8.17. The van der Waals surface area contributed by atoms with Gasteiger partial charge >= 0.3 is 0 Å². The monoisotopic (exact) mass is 254 g/mol. The van der Waals surface area contributed by atoms with Crippen molar-refractivity contribution in [1.29, 1.82) is 0 Å². The van der Waals surface area contributed by atoms with E-state index in [1.807, 2.05) is 0 Å². The van der Waals surface area contributed by atoms with Gasteiger partial charge in [0.25, 0.3) is 0 Å². The Kier molecular flexibility index (Phi) is 6.75. The van der Waals surface area contributed by atoms with Gasteiger partial charge in [-0.1, -0.05) is 33.1 Å². The van der Waals surface area contributed by atoms with Crippen molar-refractivity contribution < 1.29 is 0 Å². The second-order valence-electron chi connectivity index (χ2n) is 4.87. The van der Waals surface area contributed by atoms with Crippen LogP contribution < -0.4 is 5.32 Å². The molecule has 0 aliphatic rings. The minimum absolute atomic E-state index is 0.393. The van der Waals surface area contributed by atoms with E-state index in [0.29, 0.717) is 6.04 Å². The number of aryl methyl sites for hydroxylation is 1. The fraction of sp³-hybridized carbons (Fsp3) is 0.786. The highest BCUT2D eigenvalue weighted by Crippen LogP contribution is 2.19. The van der Waals surface area contributed by atoms with E-state index in [-0.39, 0.29) is 0 Å². The van der Waals surface area contributed by atoms with E-state index in [1.165, 1.54) is 30.7 Å². The Bertz CT molecular complexity index is 309. The standard InChI is InChI=1S/C14H26N2S/c1-5-7-8-13(6-2)9-15-12(4)14-16-11(3)10-17-14/h10,12-13,15H,5-9H2,1-4H3. The first-order valence-electron chi connectivity index (χ1n) is 6.82. The van der Waals surface area contributed by atoms with Gasteiger partial charge in [-0.05, 0) is 32.7 Å². The van der Waals surface area contributed by atoms with Gasteiger partial charge in [0.2, 0.25) is 0 Å². The summed E-state index contributed by atoms with van der Waals surface area (Å²) in [5, 5.41) is 6.96. The predicted molar refractivity (Wildman–Crippen MR) is 76.6 cm³/mol. The van der Waals surface area contributed by atoms with Gasteiger partial charge in [0, 0.05) is 11.1 Å². The SMILES string of the molecule is CCCCC(CC)CNC(C)c1nc(C)cs1. The lowest BCUT2D eigenvalue weighted by Gasteiger charge is -2.18. The average Bonchev–Trinajstić information content (AvgIpc) is 2.76. The van der Waals surface area contributed by atoms with Crippen LogP contribution in [-0.2, 0) is 0 Å². The third kappa shape index (κ3) is 5.17. The zero-order chi connectivity index (χ0) is 12.7. The minimum atomic E-state index is 0.393. The van der Waals surface area contributed by atoms with Crippen LogP contribution in [-0.4, -0.2) is 11.5 Å². The van der Waals surface area contributed by atoms with E-state index in [0.717, 1.165) is 18.2 Å². The molecule has 98 valence electrons. The van der Waals surface area contributed by atoms with Crippen LogP contribution in [0, 0.1) is 12.8 Å². The fourth-order valence-electron chi connectivity index (χ4n) is 1.95. The van der Waals surface area contributed by atoms with Crippen LogP contribution in [0.4, 0.5) is 0 Å². The van der Waals surface area contributed by atoms with Crippen molar-refractivity contribution in [3.8, 4) is 0 Å². The molecule has 3 heteroatoms. The zero-order valence-corrected chi connectivity index (χ0v) is 12.4. The number of hydrogen-bond acceptors (Lipinski definition) is 3. The summed E-state index contributed by atoms with van der Waals surface area (Å²) in [6, 6.07) is 0.393. The molecule has 0 aliphatic heterocycles. The number of rotatable bonds is 8. The normalized spacial score (nSPS) is 14.8. The van der Waals surface area contributed by atoms with Gasteiger partial charge in [0.1, 0.15) is 5.01 Å². The lowest BCUT2D eigenvalue weighted by atomic mass is 9.99. The summed E-state index contributed by atoms with van der Waals surface area (Å²) in [6.45, 7) is 9.95. The lowest BCUT2D eigenvalue weighted by molar-refractivity contribution is 0.398. The van der Waals surface area contributed by atoms with Crippen molar-refractivity contribution in [2.24, 2.45) is 5.92 Å². The van der Waals surface area contributed by atoms with Gasteiger partial charge < -0.3 is 5.32 Å². The van der Waals surface area contributed by atoms with Crippen LogP contribution in [0.25, 0.3) is 0 Å². The summed E-state index contributed by atoms with van der Waals surface area (Å²) in [4.78, 5) is 4.53. The molecule has 0 aromatic carbocycles. The molecule has 1 rings (SSSR count). The number of nitrogens with one attached hydrogen (secondary N) is 1. The van der Waals surface area contributed by atoms with Gasteiger partial charge in [-0.2, -0.15) is 0 Å². The highest BCUT2D eigenvalue weighted by atomic mass is 32.1. The molecule has 0 bridgehead atoms. The van der Waals surface area contributed by atoms with Crippen molar-refractivity contribution >= 4 is 11.3 Å². The number of aromatic nitrogens is 1. The molecule has 2 atom stereocenters. The molecule has 0 saturated carbocycles. The number of unbranched alkanes of at least 4 members (excludes halogenated alkanes) is 1. The summed E-state index contributed by atoms with van der Waals surface area (Å²) < 4.78 is 0. The highest BCUT2D eigenvalue weighted by molar-refractivity contribution is 7.09. The Morgan fingerprint density at radius 3 is 2.71 bits per heavy atom. The molecule has 0 amide bonds. The number of nitrogens with zero attached hydrogens (tertiary/aromatic N) is 1. The van der Waals surface area contributed by atoms with Gasteiger partial charge in [-0.15, -0.1) is 11.3 Å². The van der Waals surface area contributed by atoms with Crippen molar-refractivity contribution in [2.75, 3.05) is 6.54 Å². The Labute approximate surface area is 110 Å². The van der Waals surface area contributed by atoms with E-state index in [9.17, 15) is 0 Å². The Morgan fingerprint density at radius 1 is 1.41 bits per heavy atom. The zero-order valence-electron chi connectivity index (χ0n) is 11.6. The highest BCUT2D eigenvalue weighted by Gasteiger charge is 2.11. The Morgan fingerprint density at radius 2 is 2.18 bits per heavy atom. The third-order valence-corrected chi connectivity index (χ3v) is 4.41. The van der Waals surface area contributed by atoms with Gasteiger partial charge in [0.05, 0.1) is 6.04 Å². The van der Waals surface area contributed by atoms with Crippen LogP contribution in [0.15, 0.2) is 5.38 Å². The van der Waals surface area contributed by atoms with E-state index in [1.54, 1.807) is 11.3 Å². The molecule has 1 N–H and O–H groups in total. The van der Waals surface area contributed by atoms with Crippen LogP contribution in [0.1, 0.15) is 63.2 Å². The van der Waals surface area contributed by atoms with E-state index < -0.39 is 0 Å². The quantitative estimate of drug-likeness (QED) is 0.747. The molecule has 0 radical (unpaired) electrons. The second kappa shape index (κ2) is 7.83. The average molecular weight is 254 g/mol. The smallest absolute Gasteiger partial charge is 0.110 e. The predicted octanol–water partition coefficient (Wildman–Crippen LogP) is 4.32. The molecule has 0 aliphatic carbocycles. The molecule has 0 spiro atoms. The molecule has 1 aromatic rings. The maximum atomic E-state index is 4.53. The molecule has 1 heterocycles. The van der Waals surface area contributed by atoms with Crippen LogP contribution in [0.2, 0.25) is 0 Å². The first kappa shape index (κ1) is 14.7. The number of thiazole rings is 1. The van der Waals surface area contributed by atoms with E-state index in [4.69, 9.17) is 0 Å². The summed E-state index contributed by atoms with van der Waals surface area (Å²) in [5.41, 5.74) is 1.14. The van der Waals surface area contributed by atoms with Gasteiger partial charge in [-0.3, -0.25) is 0 Å². The first-order valence-corrected chi connectivity index (χ1v) is 7.70. The van der Waals surface area contributed by atoms with Crippen LogP contribution in [0.3, 0.4) is 0 Å². The summed E-state index contributed by atoms with van der Waals surface area (Å²) in [7, 11) is 0. The van der Waals surface area contributed by atoms with Crippen LogP contribution in [0.5, 0.6) is 0 Å². The Hall–Kier alpha value is -0.410. The maximum absolute atomic E-state index is 4.53. The van der Waals surface area contributed by atoms with Crippen molar-refractivity contribution in [3.63, 3.8) is 0 Å². The minimum Gasteiger partial charge on any atom is -0.308 e. The van der Waals surface area contributed by atoms with Crippen molar-refractivity contribution in [2.45, 2.75) is 59.4 Å². The van der Waals surface area contributed by atoms with E-state index >= 15 is 0 Å². The molecule has 1 aromatic heterocycles. The lowest BCUT2D eigenvalue weighted by Crippen LogP contribution is -2.25. The Balaban J connectivity index is 2.33. The summed E-state index contributed by atoms with van der Waals surface area (Å²) in [5.74, 6) is 0.818. The van der Waals surface area contributed by atoms with E-state index in [2.05, 4.69) is 43.4 Å². The molecule has 17 heavy (non-hydrogen) atoms. The molecule has 2 unspecified atom stereocenters. The molecule has 0 saturated heterocycles. The van der Waals surface area contributed by atoms with Gasteiger partial charge in [0.15, 0.2) is 0 Å². The second-order valence-corrected chi connectivity index (χ2v) is 5.76. The largest absolute Gasteiger partial charge is 0.308 e. The maximum Gasteiger partial charge on any atom is 0.110 e. The molecular formula is C14H26N2S. The van der Waals surface area contributed by atoms with Crippen molar-refractivity contribution in [3.05, 3.63) is 16.1 Å². The van der Waals surface area contributed by atoms with Gasteiger partial charge in [-0.25, -0.2) is 4.98 Å². The molecular weight excluding hydrogens is 228 g/mol. The summed E-state index contributed by atoms with van der Waals surface area (Å²) in [6.07, 6.45) is 5.28. The summed E-state index contributed by atoms with van der Waals surface area (Å²) >= 11 is 1.76. The molecule has 2 nitrogen and oxygen atoms in total.